The molecule has 0 atom stereocenters. The Morgan fingerprint density at radius 1 is 0.812 bits per heavy atom. The minimum absolute atomic E-state index is 1.18. The summed E-state index contributed by atoms with van der Waals surface area (Å²) in [5.74, 6) is 0. The molecule has 0 bridgehead atoms. The molecule has 0 heteroatoms. The van der Waals surface area contributed by atoms with Gasteiger partial charge in [-0.05, 0) is 62.1 Å². The quantitative estimate of drug-likeness (QED) is 0.612. The molecule has 0 aliphatic rings. The molecule has 0 aliphatic carbocycles. The van der Waals surface area contributed by atoms with E-state index in [0.29, 0.717) is 0 Å². The molecular weight excluding hydrogens is 192 g/mol. The minimum Gasteiger partial charge on any atom is -0.122 e. The summed E-state index contributed by atoms with van der Waals surface area (Å²) < 4.78 is 0. The fraction of sp³-hybridized carbons (Fsp3) is 0.250. The van der Waals surface area contributed by atoms with Gasteiger partial charge in [-0.1, -0.05) is 24.3 Å². The van der Waals surface area contributed by atoms with Gasteiger partial charge in [-0.2, -0.15) is 0 Å². The number of hydrogen-bond acceptors (Lipinski definition) is 0. The molecule has 0 unspecified atom stereocenters. The van der Waals surface area contributed by atoms with E-state index in [0.717, 1.165) is 0 Å². The Morgan fingerprint density at radius 3 is 1.50 bits per heavy atom. The Morgan fingerprint density at radius 2 is 1.19 bits per heavy atom. The molecule has 1 rings (SSSR count). The Kier molecular flexibility index (Phi) is 4.61. The molecular formula is C16H18. The van der Waals surface area contributed by atoms with E-state index in [-0.39, 0.29) is 0 Å². The zero-order valence-electron chi connectivity index (χ0n) is 10.5. The summed E-state index contributed by atoms with van der Waals surface area (Å²) in [7, 11) is 0. The van der Waals surface area contributed by atoms with Gasteiger partial charge < -0.3 is 0 Å². The van der Waals surface area contributed by atoms with Crippen LogP contribution in [0.15, 0.2) is 46.9 Å². The summed E-state index contributed by atoms with van der Waals surface area (Å²) in [6.45, 7) is 8.19. The van der Waals surface area contributed by atoms with Crippen LogP contribution in [-0.4, -0.2) is 0 Å². The smallest absolute Gasteiger partial charge is 0.0101 e. The number of hydrogen-bond donors (Lipinski definition) is 0. The summed E-state index contributed by atoms with van der Waals surface area (Å²) in [5, 5.41) is 0. The summed E-state index contributed by atoms with van der Waals surface area (Å²) in [5.41, 5.74) is 11.2. The zero-order chi connectivity index (χ0) is 12.0. The highest BCUT2D eigenvalue weighted by atomic mass is 14.0. The van der Waals surface area contributed by atoms with Gasteiger partial charge in [0.05, 0.1) is 0 Å². The SMILES string of the molecule is CC(C)=C=Cc1ccccc1C=C=C(C)C. The van der Waals surface area contributed by atoms with Crippen molar-refractivity contribution in [1.82, 2.24) is 0 Å². The van der Waals surface area contributed by atoms with Crippen LogP contribution in [0.1, 0.15) is 38.8 Å². The maximum Gasteiger partial charge on any atom is -0.0101 e. The van der Waals surface area contributed by atoms with Crippen molar-refractivity contribution in [2.45, 2.75) is 27.7 Å². The van der Waals surface area contributed by atoms with Crippen molar-refractivity contribution in [3.63, 3.8) is 0 Å². The molecule has 1 aromatic carbocycles. The lowest BCUT2D eigenvalue weighted by atomic mass is 10.1. The van der Waals surface area contributed by atoms with E-state index in [9.17, 15) is 0 Å². The maximum absolute atomic E-state index is 3.23. The third-order valence-corrected chi connectivity index (χ3v) is 2.03. The van der Waals surface area contributed by atoms with Gasteiger partial charge in [0, 0.05) is 0 Å². The minimum atomic E-state index is 1.18. The molecule has 0 nitrogen and oxygen atoms in total. The summed E-state index contributed by atoms with van der Waals surface area (Å²) in [6, 6.07) is 8.26. The van der Waals surface area contributed by atoms with Crippen LogP contribution in [0.25, 0.3) is 12.2 Å². The molecule has 0 saturated carbocycles. The van der Waals surface area contributed by atoms with Gasteiger partial charge in [0.15, 0.2) is 0 Å². The van der Waals surface area contributed by atoms with E-state index in [1.54, 1.807) is 0 Å². The normalized spacial score (nSPS) is 8.75. The highest BCUT2D eigenvalue weighted by molar-refractivity contribution is 5.64. The Bertz CT molecular complexity index is 434. The molecule has 0 N–H and O–H groups in total. The van der Waals surface area contributed by atoms with Gasteiger partial charge in [0.2, 0.25) is 0 Å². The molecule has 0 aliphatic heterocycles. The van der Waals surface area contributed by atoms with Gasteiger partial charge in [-0.15, -0.1) is 11.5 Å². The molecule has 1 aromatic rings. The third-order valence-electron chi connectivity index (χ3n) is 2.03. The topological polar surface area (TPSA) is 0 Å². The zero-order valence-corrected chi connectivity index (χ0v) is 10.5. The van der Waals surface area contributed by atoms with E-state index >= 15 is 0 Å². The van der Waals surface area contributed by atoms with Crippen molar-refractivity contribution in [2.24, 2.45) is 0 Å². The third kappa shape index (κ3) is 4.19. The summed E-state index contributed by atoms with van der Waals surface area (Å²) in [6.07, 6.45) is 4.04. The Labute approximate surface area is 98.3 Å². The summed E-state index contributed by atoms with van der Waals surface area (Å²) in [4.78, 5) is 0. The first-order valence-electron chi connectivity index (χ1n) is 5.48. The van der Waals surface area contributed by atoms with Crippen LogP contribution >= 0.6 is 0 Å². The van der Waals surface area contributed by atoms with E-state index < -0.39 is 0 Å². The second kappa shape index (κ2) is 5.98. The van der Waals surface area contributed by atoms with Crippen LogP contribution < -0.4 is 0 Å². The van der Waals surface area contributed by atoms with Crippen molar-refractivity contribution in [3.05, 3.63) is 58.0 Å². The van der Waals surface area contributed by atoms with Gasteiger partial charge in [0.1, 0.15) is 0 Å². The van der Waals surface area contributed by atoms with E-state index in [2.05, 4.69) is 23.6 Å². The van der Waals surface area contributed by atoms with Crippen LogP contribution in [0.2, 0.25) is 0 Å². The van der Waals surface area contributed by atoms with Crippen molar-refractivity contribution < 1.29 is 0 Å². The lowest BCUT2D eigenvalue weighted by molar-refractivity contribution is 1.41. The highest BCUT2D eigenvalue weighted by Crippen LogP contribution is 2.12. The lowest BCUT2D eigenvalue weighted by Gasteiger charge is -1.97. The van der Waals surface area contributed by atoms with Crippen molar-refractivity contribution >= 4 is 12.2 Å². The average molecular weight is 210 g/mol. The van der Waals surface area contributed by atoms with Crippen LogP contribution in [0.4, 0.5) is 0 Å². The largest absolute Gasteiger partial charge is 0.122 e. The molecule has 82 valence electrons. The van der Waals surface area contributed by atoms with Crippen molar-refractivity contribution in [2.75, 3.05) is 0 Å². The van der Waals surface area contributed by atoms with E-state index in [1.165, 1.54) is 22.3 Å². The van der Waals surface area contributed by atoms with Gasteiger partial charge >= 0.3 is 0 Å². The lowest BCUT2D eigenvalue weighted by Crippen LogP contribution is -1.77. The molecule has 0 heterocycles. The fourth-order valence-corrected chi connectivity index (χ4v) is 1.22. The maximum atomic E-state index is 3.23. The predicted molar refractivity (Wildman–Crippen MR) is 72.1 cm³/mol. The van der Waals surface area contributed by atoms with Crippen molar-refractivity contribution in [1.29, 1.82) is 0 Å². The monoisotopic (exact) mass is 210 g/mol. The number of allylic oxidation sites excluding steroid dienone is 2. The van der Waals surface area contributed by atoms with Crippen LogP contribution in [-0.2, 0) is 0 Å². The molecule has 0 spiro atoms. The first-order valence-corrected chi connectivity index (χ1v) is 5.48. The van der Waals surface area contributed by atoms with E-state index in [4.69, 9.17) is 0 Å². The summed E-state index contributed by atoms with van der Waals surface area (Å²) >= 11 is 0. The van der Waals surface area contributed by atoms with Crippen LogP contribution in [0, 0.1) is 0 Å². The van der Waals surface area contributed by atoms with Crippen molar-refractivity contribution in [3.8, 4) is 0 Å². The van der Waals surface area contributed by atoms with Crippen LogP contribution in [0.5, 0.6) is 0 Å². The number of benzene rings is 1. The molecule has 0 fully saturated rings. The molecule has 0 radical (unpaired) electrons. The van der Waals surface area contributed by atoms with Gasteiger partial charge in [-0.3, -0.25) is 0 Å². The first-order chi connectivity index (χ1) is 7.59. The molecule has 0 saturated heterocycles. The van der Waals surface area contributed by atoms with Gasteiger partial charge in [0.25, 0.3) is 0 Å². The average Bonchev–Trinajstić information content (AvgIpc) is 2.24. The molecule has 16 heavy (non-hydrogen) atoms. The Balaban J connectivity index is 3.21. The molecule has 0 aromatic heterocycles. The Hall–Kier alpha value is -1.74. The number of rotatable bonds is 2. The van der Waals surface area contributed by atoms with Crippen LogP contribution in [0.3, 0.4) is 0 Å². The van der Waals surface area contributed by atoms with E-state index in [1.807, 2.05) is 52.0 Å². The standard InChI is InChI=1S/C16H18/c1-13(2)9-11-15-7-5-6-8-16(15)12-10-14(3)4/h5-8,11-12H,1-4H3. The predicted octanol–water partition coefficient (Wildman–Crippen LogP) is 4.84. The van der Waals surface area contributed by atoms with Gasteiger partial charge in [-0.25, -0.2) is 0 Å². The second-order valence-electron chi connectivity index (χ2n) is 4.21. The molecule has 0 amide bonds. The highest BCUT2D eigenvalue weighted by Gasteiger charge is 1.92. The fourth-order valence-electron chi connectivity index (χ4n) is 1.22. The first kappa shape index (κ1) is 12.3. The second-order valence-corrected chi connectivity index (χ2v) is 4.21.